The summed E-state index contributed by atoms with van der Waals surface area (Å²) in [5.41, 5.74) is 3.06. The van der Waals surface area contributed by atoms with E-state index in [1.54, 1.807) is 0 Å². The van der Waals surface area contributed by atoms with Gasteiger partial charge in [-0.15, -0.1) is 0 Å². The maximum atomic E-state index is 12.1. The molecule has 0 radical (unpaired) electrons. The first-order chi connectivity index (χ1) is 11.2. The van der Waals surface area contributed by atoms with Crippen molar-refractivity contribution in [2.75, 3.05) is 11.9 Å². The number of benzene rings is 1. The van der Waals surface area contributed by atoms with Crippen LogP contribution in [-0.4, -0.2) is 18.5 Å². The van der Waals surface area contributed by atoms with Gasteiger partial charge in [0.05, 0.1) is 5.92 Å². The second-order valence-corrected chi connectivity index (χ2v) is 5.80. The van der Waals surface area contributed by atoms with Gasteiger partial charge in [-0.2, -0.15) is 0 Å². The van der Waals surface area contributed by atoms with Crippen LogP contribution in [0.25, 0.3) is 0 Å². The largest absolute Gasteiger partial charge is 0.455 e. The third-order valence-electron chi connectivity index (χ3n) is 4.21. The lowest BCUT2D eigenvalue weighted by atomic mass is 9.95. The van der Waals surface area contributed by atoms with Crippen LogP contribution in [-0.2, 0) is 27.2 Å². The molecule has 0 spiro atoms. The van der Waals surface area contributed by atoms with E-state index in [1.807, 2.05) is 24.3 Å². The quantitative estimate of drug-likeness (QED) is 0.644. The van der Waals surface area contributed by atoms with Gasteiger partial charge in [-0.1, -0.05) is 44.2 Å². The van der Waals surface area contributed by atoms with Crippen molar-refractivity contribution in [3.8, 4) is 0 Å². The van der Waals surface area contributed by atoms with Crippen LogP contribution in [0.3, 0.4) is 0 Å². The van der Waals surface area contributed by atoms with Gasteiger partial charge in [0.25, 0.3) is 5.91 Å². The number of rotatable bonds is 6. The van der Waals surface area contributed by atoms with Crippen LogP contribution in [0, 0.1) is 5.92 Å². The van der Waals surface area contributed by atoms with Crippen molar-refractivity contribution in [1.82, 2.24) is 0 Å². The van der Waals surface area contributed by atoms with Crippen molar-refractivity contribution in [2.45, 2.75) is 46.0 Å². The molecule has 0 heterocycles. The van der Waals surface area contributed by atoms with Crippen molar-refractivity contribution in [3.63, 3.8) is 0 Å². The summed E-state index contributed by atoms with van der Waals surface area (Å²) in [6.45, 7) is 3.89. The number of allylic oxidation sites excluding steroid dienone is 2. The molecule has 0 fully saturated rings. The Kier molecular flexibility index (Phi) is 6.39. The van der Waals surface area contributed by atoms with E-state index in [0.717, 1.165) is 42.5 Å². The number of esters is 1. The molecule has 1 aliphatic rings. The van der Waals surface area contributed by atoms with Crippen molar-refractivity contribution in [2.24, 2.45) is 5.92 Å². The number of nitrogens with one attached hydrogen (secondary N) is 1. The van der Waals surface area contributed by atoms with Gasteiger partial charge in [0.1, 0.15) is 0 Å². The molecule has 0 saturated carbocycles. The Bertz CT molecular complexity index is 570. The van der Waals surface area contributed by atoms with Crippen LogP contribution in [0.5, 0.6) is 0 Å². The number of para-hydroxylation sites is 1. The van der Waals surface area contributed by atoms with Crippen LogP contribution < -0.4 is 5.32 Å². The smallest absolute Gasteiger partial charge is 0.309 e. The Morgan fingerprint density at radius 3 is 2.43 bits per heavy atom. The minimum atomic E-state index is -0.277. The van der Waals surface area contributed by atoms with E-state index in [0.29, 0.717) is 6.42 Å². The molecule has 4 nitrogen and oxygen atoms in total. The topological polar surface area (TPSA) is 55.4 Å². The second-order valence-electron chi connectivity index (χ2n) is 5.80. The lowest BCUT2D eigenvalue weighted by molar-refractivity contribution is -0.151. The van der Waals surface area contributed by atoms with E-state index in [4.69, 9.17) is 4.74 Å². The SMILES string of the molecule is CCc1cccc(CC)c1NC(=O)COC(=O)[C@@H]1CC=CCC1. The summed E-state index contributed by atoms with van der Waals surface area (Å²) in [4.78, 5) is 24.1. The summed E-state index contributed by atoms with van der Waals surface area (Å²) in [7, 11) is 0. The molecule has 1 aliphatic carbocycles. The normalized spacial score (nSPS) is 16.9. The van der Waals surface area contributed by atoms with Crippen LogP contribution >= 0.6 is 0 Å². The summed E-state index contributed by atoms with van der Waals surface area (Å²) in [6.07, 6.45) is 8.17. The van der Waals surface area contributed by atoms with Gasteiger partial charge in [-0.25, -0.2) is 0 Å². The molecule has 1 aromatic carbocycles. The molecule has 0 aromatic heterocycles. The van der Waals surface area contributed by atoms with Gasteiger partial charge in [0.2, 0.25) is 0 Å². The van der Waals surface area contributed by atoms with Crippen molar-refractivity contribution in [3.05, 3.63) is 41.5 Å². The average molecular weight is 315 g/mol. The average Bonchev–Trinajstić information content (AvgIpc) is 2.60. The number of aryl methyl sites for hydroxylation is 2. The molecule has 124 valence electrons. The molecule has 2 rings (SSSR count). The number of hydrogen-bond donors (Lipinski definition) is 1. The lowest BCUT2D eigenvalue weighted by Crippen LogP contribution is -2.26. The highest BCUT2D eigenvalue weighted by atomic mass is 16.5. The fourth-order valence-corrected chi connectivity index (χ4v) is 2.84. The van der Waals surface area contributed by atoms with Crippen LogP contribution in [0.4, 0.5) is 5.69 Å². The molecule has 23 heavy (non-hydrogen) atoms. The molecule has 4 heteroatoms. The third kappa shape index (κ3) is 4.68. The zero-order valence-corrected chi connectivity index (χ0v) is 13.9. The standard InChI is InChI=1S/C19H25NO3/c1-3-14-11-8-12-15(4-2)18(14)20-17(21)13-23-19(22)16-9-6-5-7-10-16/h5-6,8,11-12,16H,3-4,7,9-10,13H2,1-2H3,(H,20,21)/t16-/m1/s1. The number of carbonyl (C=O) groups excluding carboxylic acids is 2. The molecular formula is C19H25NO3. The van der Waals surface area contributed by atoms with Crippen LogP contribution in [0.15, 0.2) is 30.4 Å². The van der Waals surface area contributed by atoms with E-state index in [1.165, 1.54) is 0 Å². The van der Waals surface area contributed by atoms with Gasteiger partial charge in [0, 0.05) is 5.69 Å². The minimum absolute atomic E-state index is 0.109. The Labute approximate surface area is 137 Å². The molecule has 0 aliphatic heterocycles. The number of hydrogen-bond acceptors (Lipinski definition) is 3. The number of ether oxygens (including phenoxy) is 1. The van der Waals surface area contributed by atoms with Crippen LogP contribution in [0.2, 0.25) is 0 Å². The van der Waals surface area contributed by atoms with Crippen molar-refractivity contribution >= 4 is 17.6 Å². The number of anilines is 1. The summed E-state index contributed by atoms with van der Waals surface area (Å²) in [6, 6.07) is 6.02. The van der Waals surface area contributed by atoms with Gasteiger partial charge in [-0.05, 0) is 43.2 Å². The lowest BCUT2D eigenvalue weighted by Gasteiger charge is -2.17. The van der Waals surface area contributed by atoms with Gasteiger partial charge in [0.15, 0.2) is 6.61 Å². The highest BCUT2D eigenvalue weighted by molar-refractivity contribution is 5.94. The predicted molar refractivity (Wildman–Crippen MR) is 91.3 cm³/mol. The second kappa shape index (κ2) is 8.51. The van der Waals surface area contributed by atoms with E-state index < -0.39 is 0 Å². The van der Waals surface area contributed by atoms with E-state index in [9.17, 15) is 9.59 Å². The molecule has 0 saturated heterocycles. The first kappa shape index (κ1) is 17.3. The molecule has 1 atom stereocenters. The minimum Gasteiger partial charge on any atom is -0.455 e. The highest BCUT2D eigenvalue weighted by Crippen LogP contribution is 2.23. The molecule has 1 N–H and O–H groups in total. The molecule has 0 bridgehead atoms. The van der Waals surface area contributed by atoms with Gasteiger partial charge < -0.3 is 10.1 Å². The third-order valence-corrected chi connectivity index (χ3v) is 4.21. The first-order valence-corrected chi connectivity index (χ1v) is 8.37. The van der Waals surface area contributed by atoms with E-state index in [-0.39, 0.29) is 24.4 Å². The van der Waals surface area contributed by atoms with Gasteiger partial charge in [-0.3, -0.25) is 9.59 Å². The Balaban J connectivity index is 1.92. The Morgan fingerprint density at radius 1 is 1.17 bits per heavy atom. The van der Waals surface area contributed by atoms with E-state index in [2.05, 4.69) is 25.2 Å². The summed E-state index contributed by atoms with van der Waals surface area (Å²) in [5.74, 6) is -0.661. The number of carbonyl (C=O) groups is 2. The molecule has 1 amide bonds. The van der Waals surface area contributed by atoms with E-state index >= 15 is 0 Å². The maximum absolute atomic E-state index is 12.1. The first-order valence-electron chi connectivity index (χ1n) is 8.37. The maximum Gasteiger partial charge on any atom is 0.309 e. The molecule has 1 aromatic rings. The molecule has 0 unspecified atom stereocenters. The number of amides is 1. The zero-order valence-electron chi connectivity index (χ0n) is 13.9. The van der Waals surface area contributed by atoms with Crippen molar-refractivity contribution in [1.29, 1.82) is 0 Å². The highest BCUT2D eigenvalue weighted by Gasteiger charge is 2.21. The zero-order chi connectivity index (χ0) is 16.7. The summed E-state index contributed by atoms with van der Waals surface area (Å²) < 4.78 is 5.18. The Morgan fingerprint density at radius 2 is 1.87 bits per heavy atom. The molecular weight excluding hydrogens is 290 g/mol. The Hall–Kier alpha value is -2.10. The fraction of sp³-hybridized carbons (Fsp3) is 0.474. The monoisotopic (exact) mass is 315 g/mol. The summed E-state index contributed by atoms with van der Waals surface area (Å²) in [5, 5.41) is 2.91. The van der Waals surface area contributed by atoms with Crippen LogP contribution in [0.1, 0.15) is 44.2 Å². The van der Waals surface area contributed by atoms with Crippen molar-refractivity contribution < 1.29 is 14.3 Å². The van der Waals surface area contributed by atoms with Gasteiger partial charge >= 0.3 is 5.97 Å². The fourth-order valence-electron chi connectivity index (χ4n) is 2.84. The summed E-state index contributed by atoms with van der Waals surface area (Å²) >= 11 is 0. The predicted octanol–water partition coefficient (Wildman–Crippen LogP) is 3.65.